The molecule has 0 fully saturated rings. The summed E-state index contributed by atoms with van der Waals surface area (Å²) < 4.78 is 34.8. The lowest BCUT2D eigenvalue weighted by Gasteiger charge is -2.32. The number of rotatable bonds is 13. The molecule has 0 saturated carbocycles. The van der Waals surface area contributed by atoms with Crippen LogP contribution in [0.15, 0.2) is 77.7 Å². The van der Waals surface area contributed by atoms with Crippen LogP contribution in [0.2, 0.25) is 5.02 Å². The maximum Gasteiger partial charge on any atom is 0.264 e. The number of amides is 2. The minimum absolute atomic E-state index is 0.0186. The van der Waals surface area contributed by atoms with Crippen molar-refractivity contribution in [1.82, 2.24) is 10.2 Å². The Morgan fingerprint density at radius 2 is 1.62 bits per heavy atom. The van der Waals surface area contributed by atoms with Gasteiger partial charge < -0.3 is 15.0 Å². The molecule has 0 aliphatic carbocycles. The van der Waals surface area contributed by atoms with Gasteiger partial charge >= 0.3 is 0 Å². The van der Waals surface area contributed by atoms with E-state index in [1.807, 2.05) is 13.8 Å². The smallest absolute Gasteiger partial charge is 0.264 e. The average Bonchev–Trinajstić information content (AvgIpc) is 2.94. The van der Waals surface area contributed by atoms with Gasteiger partial charge in [-0.25, -0.2) is 8.42 Å². The molecule has 0 radical (unpaired) electrons. The van der Waals surface area contributed by atoms with Crippen LogP contribution in [0.5, 0.6) is 5.75 Å². The van der Waals surface area contributed by atoms with E-state index < -0.39 is 28.5 Å². The van der Waals surface area contributed by atoms with Crippen molar-refractivity contribution in [3.63, 3.8) is 0 Å². The van der Waals surface area contributed by atoms with E-state index in [1.165, 1.54) is 17.0 Å². The zero-order chi connectivity index (χ0) is 29.3. The number of halogens is 1. The molecule has 0 bridgehead atoms. The summed E-state index contributed by atoms with van der Waals surface area (Å²) in [5, 5.41) is 3.26. The molecule has 0 heterocycles. The minimum atomic E-state index is -4.20. The summed E-state index contributed by atoms with van der Waals surface area (Å²) in [6.07, 6.45) is 0.730. The van der Waals surface area contributed by atoms with Crippen LogP contribution >= 0.6 is 11.6 Å². The second-order valence-corrected chi connectivity index (χ2v) is 11.6. The van der Waals surface area contributed by atoms with Gasteiger partial charge in [0.2, 0.25) is 11.8 Å². The molecule has 214 valence electrons. The summed E-state index contributed by atoms with van der Waals surface area (Å²) in [6.45, 7) is 7.42. The standard InChI is InChI=1S/C30H36ClN3O5S/c1-5-19-32-30(36)23(4)33(20-24-11-7-8-12-26(24)31)29(35)21-34(27-13-9-10-14-28(27)39-6-2)40(37,38)25-17-15-22(3)16-18-25/h7-18,23H,5-6,19-21H2,1-4H3,(H,32,36)/t23-/m1/s1. The molecule has 10 heteroatoms. The molecule has 2 amide bonds. The van der Waals surface area contributed by atoms with Crippen LogP contribution in [0.1, 0.15) is 38.3 Å². The number of sulfonamides is 1. The lowest BCUT2D eigenvalue weighted by atomic mass is 10.1. The number of para-hydroxylation sites is 2. The van der Waals surface area contributed by atoms with Crippen LogP contribution in [0.3, 0.4) is 0 Å². The van der Waals surface area contributed by atoms with E-state index in [1.54, 1.807) is 74.5 Å². The third kappa shape index (κ3) is 7.55. The summed E-state index contributed by atoms with van der Waals surface area (Å²) in [5.41, 5.74) is 1.75. The fourth-order valence-corrected chi connectivity index (χ4v) is 5.70. The van der Waals surface area contributed by atoms with Crippen molar-refractivity contribution in [2.24, 2.45) is 0 Å². The average molecular weight is 586 g/mol. The third-order valence-electron chi connectivity index (χ3n) is 6.34. The Bertz CT molecular complexity index is 1410. The number of hydrogen-bond donors (Lipinski definition) is 1. The summed E-state index contributed by atoms with van der Waals surface area (Å²) in [5.74, 6) is -0.592. The highest BCUT2D eigenvalue weighted by atomic mass is 35.5. The molecule has 0 spiro atoms. The minimum Gasteiger partial charge on any atom is -0.492 e. The van der Waals surface area contributed by atoms with Crippen LogP contribution in [0, 0.1) is 6.92 Å². The molecule has 1 atom stereocenters. The Balaban J connectivity index is 2.08. The number of anilines is 1. The Morgan fingerprint density at radius 3 is 2.27 bits per heavy atom. The number of ether oxygens (including phenoxy) is 1. The Kier molecular flexibility index (Phi) is 11.0. The summed E-state index contributed by atoms with van der Waals surface area (Å²) >= 11 is 6.40. The first-order chi connectivity index (χ1) is 19.1. The molecule has 3 rings (SSSR count). The van der Waals surface area contributed by atoms with E-state index in [0.29, 0.717) is 29.5 Å². The predicted molar refractivity (Wildman–Crippen MR) is 158 cm³/mol. The van der Waals surface area contributed by atoms with Crippen molar-refractivity contribution < 1.29 is 22.7 Å². The summed E-state index contributed by atoms with van der Waals surface area (Å²) in [4.78, 5) is 28.4. The van der Waals surface area contributed by atoms with Gasteiger partial charge in [-0.15, -0.1) is 0 Å². The fourth-order valence-electron chi connectivity index (χ4n) is 4.08. The van der Waals surface area contributed by atoms with Gasteiger partial charge in [-0.1, -0.05) is 66.6 Å². The van der Waals surface area contributed by atoms with Gasteiger partial charge in [0.1, 0.15) is 18.3 Å². The van der Waals surface area contributed by atoms with Gasteiger partial charge in [0.15, 0.2) is 0 Å². The molecular weight excluding hydrogens is 550 g/mol. The third-order valence-corrected chi connectivity index (χ3v) is 8.48. The van der Waals surface area contributed by atoms with Crippen molar-refractivity contribution in [2.75, 3.05) is 24.0 Å². The van der Waals surface area contributed by atoms with E-state index >= 15 is 0 Å². The maximum absolute atomic E-state index is 14.0. The molecular formula is C30H36ClN3O5S. The molecule has 0 aliphatic heterocycles. The molecule has 3 aromatic carbocycles. The predicted octanol–water partition coefficient (Wildman–Crippen LogP) is 5.19. The largest absolute Gasteiger partial charge is 0.492 e. The van der Waals surface area contributed by atoms with E-state index in [0.717, 1.165) is 16.3 Å². The number of nitrogens with zero attached hydrogens (tertiary/aromatic N) is 2. The Labute approximate surface area is 241 Å². The monoisotopic (exact) mass is 585 g/mol. The zero-order valence-corrected chi connectivity index (χ0v) is 24.8. The summed E-state index contributed by atoms with van der Waals surface area (Å²) in [7, 11) is -4.20. The highest BCUT2D eigenvalue weighted by Gasteiger charge is 2.34. The van der Waals surface area contributed by atoms with E-state index in [2.05, 4.69) is 5.32 Å². The second-order valence-electron chi connectivity index (χ2n) is 9.31. The van der Waals surface area contributed by atoms with Gasteiger partial charge in [-0.2, -0.15) is 0 Å². The first-order valence-electron chi connectivity index (χ1n) is 13.2. The Hall–Kier alpha value is -3.56. The highest BCUT2D eigenvalue weighted by Crippen LogP contribution is 2.33. The first-order valence-corrected chi connectivity index (χ1v) is 15.0. The number of carbonyl (C=O) groups is 2. The van der Waals surface area contributed by atoms with Crippen LogP contribution in [0.25, 0.3) is 0 Å². The number of nitrogens with one attached hydrogen (secondary N) is 1. The molecule has 40 heavy (non-hydrogen) atoms. The number of benzene rings is 3. The lowest BCUT2D eigenvalue weighted by Crippen LogP contribution is -2.51. The molecule has 0 aliphatic rings. The number of aryl methyl sites for hydroxylation is 1. The molecule has 0 saturated heterocycles. The number of hydrogen-bond acceptors (Lipinski definition) is 5. The van der Waals surface area contributed by atoms with Crippen LogP contribution in [0.4, 0.5) is 5.69 Å². The van der Waals surface area contributed by atoms with Crippen molar-refractivity contribution in [3.05, 3.63) is 88.9 Å². The van der Waals surface area contributed by atoms with Crippen molar-refractivity contribution in [3.8, 4) is 5.75 Å². The van der Waals surface area contributed by atoms with E-state index in [9.17, 15) is 18.0 Å². The lowest BCUT2D eigenvalue weighted by molar-refractivity contribution is -0.139. The van der Waals surface area contributed by atoms with Crippen LogP contribution in [-0.4, -0.2) is 50.9 Å². The maximum atomic E-state index is 14.0. The van der Waals surface area contributed by atoms with Crippen LogP contribution in [-0.2, 0) is 26.2 Å². The second kappa shape index (κ2) is 14.2. The van der Waals surface area contributed by atoms with Crippen molar-refractivity contribution >= 4 is 39.1 Å². The summed E-state index contributed by atoms with van der Waals surface area (Å²) in [6, 6.07) is 19.2. The molecule has 8 nitrogen and oxygen atoms in total. The normalized spacial score (nSPS) is 11.9. The quantitative estimate of drug-likeness (QED) is 0.298. The van der Waals surface area contributed by atoms with Crippen LogP contribution < -0.4 is 14.4 Å². The molecule has 1 N–H and O–H groups in total. The first kappa shape index (κ1) is 31.0. The molecule has 0 aromatic heterocycles. The highest BCUT2D eigenvalue weighted by molar-refractivity contribution is 7.92. The van der Waals surface area contributed by atoms with Crippen molar-refractivity contribution in [1.29, 1.82) is 0 Å². The zero-order valence-electron chi connectivity index (χ0n) is 23.3. The van der Waals surface area contributed by atoms with Gasteiger partial charge in [0.05, 0.1) is 17.2 Å². The van der Waals surface area contributed by atoms with E-state index in [4.69, 9.17) is 16.3 Å². The SMILES string of the molecule is CCCNC(=O)[C@@H](C)N(Cc1ccccc1Cl)C(=O)CN(c1ccccc1OCC)S(=O)(=O)c1ccc(C)cc1. The van der Waals surface area contributed by atoms with Gasteiger partial charge in [-0.05, 0) is 63.1 Å². The van der Waals surface area contributed by atoms with Gasteiger partial charge in [0.25, 0.3) is 10.0 Å². The topological polar surface area (TPSA) is 96.0 Å². The van der Waals surface area contributed by atoms with E-state index in [-0.39, 0.29) is 23.0 Å². The molecule has 0 unspecified atom stereocenters. The van der Waals surface area contributed by atoms with Gasteiger partial charge in [-0.3, -0.25) is 13.9 Å². The van der Waals surface area contributed by atoms with Gasteiger partial charge in [0, 0.05) is 18.1 Å². The Morgan fingerprint density at radius 1 is 0.975 bits per heavy atom. The molecule has 3 aromatic rings. The number of carbonyl (C=O) groups excluding carboxylic acids is 2. The van der Waals surface area contributed by atoms with Crippen molar-refractivity contribution in [2.45, 2.75) is 51.6 Å². The fraction of sp³-hybridized carbons (Fsp3) is 0.333.